The molecule has 1 aliphatic rings. The second-order valence-corrected chi connectivity index (χ2v) is 4.64. The normalized spacial score (nSPS) is 28.5. The van der Waals surface area contributed by atoms with Crippen molar-refractivity contribution >= 4 is 0 Å². The third-order valence-electron chi connectivity index (χ3n) is 3.32. The van der Waals surface area contributed by atoms with Crippen LogP contribution < -0.4 is 16.6 Å². The van der Waals surface area contributed by atoms with Crippen molar-refractivity contribution in [3.63, 3.8) is 0 Å². The minimum absolute atomic E-state index is 0.0429. The van der Waals surface area contributed by atoms with E-state index >= 15 is 0 Å². The molecule has 3 unspecified atom stereocenters. The van der Waals surface area contributed by atoms with E-state index in [1.165, 1.54) is 11.1 Å². The molecule has 4 nitrogen and oxygen atoms in total. The highest BCUT2D eigenvalue weighted by Gasteiger charge is 2.34. The predicted octanol–water partition coefficient (Wildman–Crippen LogP) is 0.876. The molecule has 17 heavy (non-hydrogen) atoms. The molecular weight excluding hydrogens is 214 g/mol. The zero-order valence-electron chi connectivity index (χ0n) is 10.4. The Kier molecular flexibility index (Phi) is 4.12. The van der Waals surface area contributed by atoms with E-state index in [1.807, 2.05) is 0 Å². The number of hydrogen-bond acceptors (Lipinski definition) is 4. The topological polar surface area (TPSA) is 59.3 Å². The number of nitrogens with one attached hydrogen (secondary N) is 2. The number of rotatable bonds is 4. The van der Waals surface area contributed by atoms with Crippen LogP contribution in [0, 0.1) is 6.92 Å². The number of hydrazine groups is 1. The molecule has 2 rings (SSSR count). The van der Waals surface area contributed by atoms with Crippen LogP contribution in [0.25, 0.3) is 0 Å². The van der Waals surface area contributed by atoms with Crippen molar-refractivity contribution in [3.8, 4) is 0 Å². The van der Waals surface area contributed by atoms with Crippen LogP contribution in [0.1, 0.15) is 23.5 Å². The van der Waals surface area contributed by atoms with Crippen LogP contribution >= 0.6 is 0 Å². The number of nitrogens with two attached hydrogens (primary N) is 1. The van der Waals surface area contributed by atoms with Gasteiger partial charge in [-0.2, -0.15) is 0 Å². The fourth-order valence-electron chi connectivity index (χ4n) is 2.45. The van der Waals surface area contributed by atoms with Gasteiger partial charge in [-0.15, -0.1) is 0 Å². The highest BCUT2D eigenvalue weighted by Crippen LogP contribution is 2.27. The number of methoxy groups -OCH3 is 1. The first-order chi connectivity index (χ1) is 8.22. The minimum Gasteiger partial charge on any atom is -0.385 e. The van der Waals surface area contributed by atoms with E-state index < -0.39 is 0 Å². The second kappa shape index (κ2) is 5.60. The van der Waals surface area contributed by atoms with Crippen LogP contribution in [0.4, 0.5) is 0 Å². The molecule has 94 valence electrons. The summed E-state index contributed by atoms with van der Waals surface area (Å²) < 4.78 is 5.14. The van der Waals surface area contributed by atoms with Gasteiger partial charge in [-0.05, 0) is 18.9 Å². The third kappa shape index (κ3) is 2.84. The minimum atomic E-state index is -0.0429. The van der Waals surface area contributed by atoms with Gasteiger partial charge in [0.15, 0.2) is 0 Å². The van der Waals surface area contributed by atoms with E-state index in [4.69, 9.17) is 10.5 Å². The molecule has 0 aliphatic carbocycles. The molecule has 1 fully saturated rings. The Bertz CT molecular complexity index is 369. The van der Waals surface area contributed by atoms with E-state index in [9.17, 15) is 0 Å². The maximum atomic E-state index is 6.11. The Morgan fingerprint density at radius 1 is 1.35 bits per heavy atom. The molecule has 0 bridgehead atoms. The van der Waals surface area contributed by atoms with Gasteiger partial charge in [0, 0.05) is 25.7 Å². The van der Waals surface area contributed by atoms with Crippen LogP contribution in [-0.4, -0.2) is 25.9 Å². The van der Waals surface area contributed by atoms with Crippen molar-refractivity contribution in [2.75, 3.05) is 13.7 Å². The van der Waals surface area contributed by atoms with Crippen LogP contribution in [0.15, 0.2) is 24.3 Å². The van der Waals surface area contributed by atoms with Crippen molar-refractivity contribution in [2.24, 2.45) is 5.73 Å². The molecule has 1 aliphatic heterocycles. The monoisotopic (exact) mass is 235 g/mol. The first kappa shape index (κ1) is 12.5. The molecule has 1 heterocycles. The quantitative estimate of drug-likeness (QED) is 0.725. The molecule has 4 N–H and O–H groups in total. The summed E-state index contributed by atoms with van der Waals surface area (Å²) in [6.45, 7) is 2.85. The van der Waals surface area contributed by atoms with Crippen molar-refractivity contribution in [1.29, 1.82) is 0 Å². The average molecular weight is 235 g/mol. The van der Waals surface area contributed by atoms with Crippen LogP contribution in [-0.2, 0) is 4.74 Å². The SMILES string of the molecule is COCCC1NNC(N)C1c1cccc(C)c1. The molecule has 0 radical (unpaired) electrons. The van der Waals surface area contributed by atoms with Gasteiger partial charge in [-0.1, -0.05) is 29.8 Å². The van der Waals surface area contributed by atoms with Gasteiger partial charge in [0.2, 0.25) is 0 Å². The predicted molar refractivity (Wildman–Crippen MR) is 68.4 cm³/mol. The van der Waals surface area contributed by atoms with Gasteiger partial charge in [-0.25, -0.2) is 5.43 Å². The standard InChI is InChI=1S/C13H21N3O/c1-9-4-3-5-10(8-9)12-11(6-7-17-2)15-16-13(12)14/h3-5,8,11-13,15-16H,6-7,14H2,1-2H3. The average Bonchev–Trinajstić information content (AvgIpc) is 2.68. The van der Waals surface area contributed by atoms with Gasteiger partial charge >= 0.3 is 0 Å². The lowest BCUT2D eigenvalue weighted by Gasteiger charge is -2.21. The lowest BCUT2D eigenvalue weighted by molar-refractivity contribution is 0.182. The second-order valence-electron chi connectivity index (χ2n) is 4.64. The lowest BCUT2D eigenvalue weighted by Crippen LogP contribution is -2.38. The summed E-state index contributed by atoms with van der Waals surface area (Å²) >= 11 is 0. The zero-order chi connectivity index (χ0) is 12.3. The van der Waals surface area contributed by atoms with Gasteiger partial charge < -0.3 is 10.5 Å². The molecule has 4 heteroatoms. The molecule has 1 saturated heterocycles. The lowest BCUT2D eigenvalue weighted by atomic mass is 9.88. The third-order valence-corrected chi connectivity index (χ3v) is 3.32. The largest absolute Gasteiger partial charge is 0.385 e. The fourth-order valence-corrected chi connectivity index (χ4v) is 2.45. The van der Waals surface area contributed by atoms with Crippen LogP contribution in [0.2, 0.25) is 0 Å². The van der Waals surface area contributed by atoms with E-state index in [0.717, 1.165) is 13.0 Å². The highest BCUT2D eigenvalue weighted by atomic mass is 16.5. The van der Waals surface area contributed by atoms with Gasteiger partial charge in [0.1, 0.15) is 0 Å². The summed E-state index contributed by atoms with van der Waals surface area (Å²) in [5, 5.41) is 0. The smallest absolute Gasteiger partial charge is 0.0764 e. The fraction of sp³-hybridized carbons (Fsp3) is 0.538. The van der Waals surface area contributed by atoms with E-state index in [1.54, 1.807) is 7.11 Å². The molecule has 1 aromatic rings. The highest BCUT2D eigenvalue weighted by molar-refractivity contribution is 5.28. The van der Waals surface area contributed by atoms with E-state index in [2.05, 4.69) is 42.0 Å². The molecule has 0 amide bonds. The Morgan fingerprint density at radius 3 is 2.88 bits per heavy atom. The molecule has 0 saturated carbocycles. The first-order valence-electron chi connectivity index (χ1n) is 6.04. The summed E-state index contributed by atoms with van der Waals surface area (Å²) in [5.74, 6) is 0.296. The summed E-state index contributed by atoms with van der Waals surface area (Å²) in [4.78, 5) is 0. The zero-order valence-corrected chi connectivity index (χ0v) is 10.4. The van der Waals surface area contributed by atoms with E-state index in [0.29, 0.717) is 12.0 Å². The van der Waals surface area contributed by atoms with Crippen LogP contribution in [0.3, 0.4) is 0 Å². The summed E-state index contributed by atoms with van der Waals surface area (Å²) in [5.41, 5.74) is 15.0. The number of ether oxygens (including phenoxy) is 1. The summed E-state index contributed by atoms with van der Waals surface area (Å²) in [6, 6.07) is 8.87. The van der Waals surface area contributed by atoms with Gasteiger partial charge in [0.05, 0.1) is 6.17 Å². The Balaban J connectivity index is 2.15. The molecule has 1 aromatic carbocycles. The van der Waals surface area contributed by atoms with Crippen molar-refractivity contribution in [2.45, 2.75) is 31.5 Å². The number of hydrogen-bond donors (Lipinski definition) is 3. The molecule has 0 aromatic heterocycles. The number of aryl methyl sites for hydroxylation is 1. The number of benzene rings is 1. The van der Waals surface area contributed by atoms with Crippen molar-refractivity contribution in [1.82, 2.24) is 10.9 Å². The first-order valence-corrected chi connectivity index (χ1v) is 6.04. The summed E-state index contributed by atoms with van der Waals surface area (Å²) in [7, 11) is 1.73. The molecular formula is C13H21N3O. The maximum Gasteiger partial charge on any atom is 0.0764 e. The Morgan fingerprint density at radius 2 is 2.18 bits per heavy atom. The van der Waals surface area contributed by atoms with Gasteiger partial charge in [-0.3, -0.25) is 5.43 Å². The molecule has 3 atom stereocenters. The maximum absolute atomic E-state index is 6.11. The van der Waals surface area contributed by atoms with Crippen molar-refractivity contribution < 1.29 is 4.74 Å². The summed E-state index contributed by atoms with van der Waals surface area (Å²) in [6.07, 6.45) is 0.911. The van der Waals surface area contributed by atoms with Crippen molar-refractivity contribution in [3.05, 3.63) is 35.4 Å². The Labute approximate surface area is 103 Å². The van der Waals surface area contributed by atoms with Crippen LogP contribution in [0.5, 0.6) is 0 Å². The van der Waals surface area contributed by atoms with E-state index in [-0.39, 0.29) is 6.17 Å². The van der Waals surface area contributed by atoms with Gasteiger partial charge in [0.25, 0.3) is 0 Å². The Hall–Kier alpha value is -0.940. The molecule has 0 spiro atoms.